The molecule has 0 spiro atoms. The van der Waals surface area contributed by atoms with Gasteiger partial charge in [0.2, 0.25) is 5.91 Å². The number of nitrogens with zero attached hydrogens (tertiary/aromatic N) is 1. The van der Waals surface area contributed by atoms with Gasteiger partial charge in [-0.1, -0.05) is 30.2 Å². The van der Waals surface area contributed by atoms with Gasteiger partial charge in [0, 0.05) is 5.92 Å². The number of benzene rings is 1. The summed E-state index contributed by atoms with van der Waals surface area (Å²) in [4.78, 5) is 16.0. The molecule has 112 valence electrons. The largest absolute Gasteiger partial charge is 0.418 e. The fraction of sp³-hybridized carbons (Fsp3) is 0.429. The molecule has 3 nitrogen and oxygen atoms in total. The lowest BCUT2D eigenvalue weighted by Gasteiger charge is -2.07. The number of carbonyl (C=O) groups excluding carboxylic acids is 1. The molecule has 21 heavy (non-hydrogen) atoms. The minimum atomic E-state index is -4.44. The van der Waals surface area contributed by atoms with Crippen molar-refractivity contribution in [3.05, 3.63) is 23.8 Å². The number of amides is 1. The second kappa shape index (κ2) is 5.29. The molecule has 0 saturated heterocycles. The Labute approximate surface area is 123 Å². The second-order valence-electron chi connectivity index (χ2n) is 5.14. The highest BCUT2D eigenvalue weighted by Crippen LogP contribution is 2.37. The maximum absolute atomic E-state index is 12.9. The van der Waals surface area contributed by atoms with Crippen molar-refractivity contribution in [1.82, 2.24) is 4.98 Å². The van der Waals surface area contributed by atoms with Gasteiger partial charge < -0.3 is 5.32 Å². The van der Waals surface area contributed by atoms with Crippen LogP contribution in [0.2, 0.25) is 0 Å². The molecule has 0 aliphatic heterocycles. The smallest absolute Gasteiger partial charge is 0.302 e. The summed E-state index contributed by atoms with van der Waals surface area (Å²) in [6.45, 7) is 0. The van der Waals surface area contributed by atoms with Crippen molar-refractivity contribution < 1.29 is 18.0 Å². The highest BCUT2D eigenvalue weighted by molar-refractivity contribution is 7.22. The molecule has 3 rings (SSSR count). The van der Waals surface area contributed by atoms with Crippen molar-refractivity contribution >= 4 is 32.6 Å². The van der Waals surface area contributed by atoms with Crippen LogP contribution in [-0.2, 0) is 11.0 Å². The first kappa shape index (κ1) is 14.3. The van der Waals surface area contributed by atoms with Crippen LogP contribution in [0, 0.1) is 5.92 Å². The standard InChI is InChI=1S/C14H13F3N2OS/c15-14(16,17)9-6-3-7-10-11(9)18-13(21-10)19-12(20)8-4-1-2-5-8/h3,6-8H,1-2,4-5H2,(H,18,19,20). The monoisotopic (exact) mass is 314 g/mol. The van der Waals surface area contributed by atoms with Gasteiger partial charge in [0.05, 0.1) is 15.8 Å². The molecule has 2 aromatic rings. The predicted octanol–water partition coefficient (Wildman–Crippen LogP) is 4.44. The van der Waals surface area contributed by atoms with E-state index in [4.69, 9.17) is 0 Å². The van der Waals surface area contributed by atoms with Crippen molar-refractivity contribution in [3.8, 4) is 0 Å². The van der Waals surface area contributed by atoms with Crippen molar-refractivity contribution in [2.75, 3.05) is 5.32 Å². The Morgan fingerprint density at radius 1 is 1.29 bits per heavy atom. The van der Waals surface area contributed by atoms with Gasteiger partial charge in [-0.2, -0.15) is 13.2 Å². The summed E-state index contributed by atoms with van der Waals surface area (Å²) in [6, 6.07) is 3.93. The molecule has 0 unspecified atom stereocenters. The topological polar surface area (TPSA) is 42.0 Å². The quantitative estimate of drug-likeness (QED) is 0.890. The van der Waals surface area contributed by atoms with Crippen LogP contribution in [-0.4, -0.2) is 10.9 Å². The normalized spacial score (nSPS) is 16.5. The molecule has 0 bridgehead atoms. The number of hydrogen-bond acceptors (Lipinski definition) is 3. The molecule has 1 aliphatic carbocycles. The molecule has 1 amide bonds. The van der Waals surface area contributed by atoms with E-state index in [-0.39, 0.29) is 22.5 Å². The number of anilines is 1. The van der Waals surface area contributed by atoms with E-state index in [1.165, 1.54) is 6.07 Å². The first-order valence-electron chi connectivity index (χ1n) is 6.73. The van der Waals surface area contributed by atoms with Crippen molar-refractivity contribution in [1.29, 1.82) is 0 Å². The van der Waals surface area contributed by atoms with Crippen LogP contribution in [0.3, 0.4) is 0 Å². The maximum atomic E-state index is 12.9. The van der Waals surface area contributed by atoms with E-state index in [1.54, 1.807) is 6.07 Å². The minimum absolute atomic E-state index is 0.0425. The zero-order valence-corrected chi connectivity index (χ0v) is 11.9. The third-order valence-electron chi connectivity index (χ3n) is 3.68. The average molecular weight is 314 g/mol. The molecule has 0 atom stereocenters. The van der Waals surface area contributed by atoms with Gasteiger partial charge >= 0.3 is 6.18 Å². The fourth-order valence-electron chi connectivity index (χ4n) is 2.63. The van der Waals surface area contributed by atoms with Gasteiger partial charge in [-0.15, -0.1) is 0 Å². The van der Waals surface area contributed by atoms with Crippen LogP contribution in [0.4, 0.5) is 18.3 Å². The Morgan fingerprint density at radius 2 is 2.00 bits per heavy atom. The van der Waals surface area contributed by atoms with Crippen LogP contribution in [0.5, 0.6) is 0 Å². The highest BCUT2D eigenvalue weighted by Gasteiger charge is 2.34. The highest BCUT2D eigenvalue weighted by atomic mass is 32.1. The van der Waals surface area contributed by atoms with Crippen molar-refractivity contribution in [2.24, 2.45) is 5.92 Å². The number of alkyl halides is 3. The van der Waals surface area contributed by atoms with E-state index in [2.05, 4.69) is 10.3 Å². The molecule has 1 saturated carbocycles. The Morgan fingerprint density at radius 3 is 2.67 bits per heavy atom. The van der Waals surface area contributed by atoms with Crippen LogP contribution < -0.4 is 5.32 Å². The number of halogens is 3. The zero-order chi connectivity index (χ0) is 15.0. The molecule has 7 heteroatoms. The lowest BCUT2D eigenvalue weighted by Crippen LogP contribution is -2.20. The first-order valence-corrected chi connectivity index (χ1v) is 7.54. The molecule has 1 N–H and O–H groups in total. The molecule has 1 aromatic heterocycles. The Balaban J connectivity index is 1.89. The van der Waals surface area contributed by atoms with Gasteiger partial charge in [-0.05, 0) is 25.0 Å². The number of carbonyl (C=O) groups is 1. The van der Waals surface area contributed by atoms with E-state index < -0.39 is 11.7 Å². The number of aromatic nitrogens is 1. The lowest BCUT2D eigenvalue weighted by molar-refractivity contribution is -0.136. The third-order valence-corrected chi connectivity index (χ3v) is 4.62. The Hall–Kier alpha value is -1.63. The maximum Gasteiger partial charge on any atom is 0.418 e. The molecule has 1 aromatic carbocycles. The molecule has 1 heterocycles. The Kier molecular flexibility index (Phi) is 3.61. The van der Waals surface area contributed by atoms with Crippen molar-refractivity contribution in [2.45, 2.75) is 31.9 Å². The fourth-order valence-corrected chi connectivity index (χ4v) is 3.52. The Bertz CT molecular complexity index is 674. The predicted molar refractivity (Wildman–Crippen MR) is 75.2 cm³/mol. The molecular formula is C14H13F3N2OS. The number of nitrogens with one attached hydrogen (secondary N) is 1. The zero-order valence-electron chi connectivity index (χ0n) is 11.0. The summed E-state index contributed by atoms with van der Waals surface area (Å²) < 4.78 is 39.2. The molecule has 1 aliphatic rings. The molecular weight excluding hydrogens is 301 g/mol. The number of fused-ring (bicyclic) bond motifs is 1. The van der Waals surface area contributed by atoms with Crippen LogP contribution in [0.1, 0.15) is 31.2 Å². The van der Waals surface area contributed by atoms with E-state index in [0.717, 1.165) is 43.1 Å². The molecule has 0 radical (unpaired) electrons. The summed E-state index contributed by atoms with van der Waals surface area (Å²) in [5.74, 6) is -0.181. The van der Waals surface area contributed by atoms with E-state index in [9.17, 15) is 18.0 Å². The van der Waals surface area contributed by atoms with E-state index in [1.807, 2.05) is 0 Å². The summed E-state index contributed by atoms with van der Waals surface area (Å²) in [6.07, 6.45) is -0.721. The summed E-state index contributed by atoms with van der Waals surface area (Å²) in [5, 5.41) is 2.89. The average Bonchev–Trinajstić information content (AvgIpc) is 3.05. The number of rotatable bonds is 2. The van der Waals surface area contributed by atoms with Gasteiger partial charge in [0.15, 0.2) is 5.13 Å². The van der Waals surface area contributed by atoms with Crippen LogP contribution in [0.25, 0.3) is 10.2 Å². The van der Waals surface area contributed by atoms with Gasteiger partial charge in [0.25, 0.3) is 0 Å². The van der Waals surface area contributed by atoms with Crippen LogP contribution in [0.15, 0.2) is 18.2 Å². The SMILES string of the molecule is O=C(Nc1nc2c(C(F)(F)F)cccc2s1)C1CCCC1. The molecule has 1 fully saturated rings. The lowest BCUT2D eigenvalue weighted by atomic mass is 10.1. The third kappa shape index (κ3) is 2.88. The summed E-state index contributed by atoms with van der Waals surface area (Å²) >= 11 is 1.07. The summed E-state index contributed by atoms with van der Waals surface area (Å²) in [7, 11) is 0. The first-order chi connectivity index (χ1) is 9.95. The minimum Gasteiger partial charge on any atom is -0.302 e. The number of para-hydroxylation sites is 1. The van der Waals surface area contributed by atoms with Gasteiger partial charge in [0.1, 0.15) is 0 Å². The van der Waals surface area contributed by atoms with E-state index in [0.29, 0.717) is 4.70 Å². The van der Waals surface area contributed by atoms with E-state index >= 15 is 0 Å². The summed E-state index contributed by atoms with van der Waals surface area (Å²) in [5.41, 5.74) is -0.866. The number of hydrogen-bond donors (Lipinski definition) is 1. The second-order valence-corrected chi connectivity index (χ2v) is 6.17. The number of thiazole rings is 1. The van der Waals surface area contributed by atoms with Gasteiger partial charge in [-0.25, -0.2) is 4.98 Å². The van der Waals surface area contributed by atoms with Crippen molar-refractivity contribution in [3.63, 3.8) is 0 Å². The van der Waals surface area contributed by atoms with Crippen LogP contribution >= 0.6 is 11.3 Å². The van der Waals surface area contributed by atoms with Gasteiger partial charge in [-0.3, -0.25) is 4.79 Å².